The Balaban J connectivity index is 2.45. The summed E-state index contributed by atoms with van der Waals surface area (Å²) in [5, 5.41) is 21.5. The number of anilines is 1. The van der Waals surface area contributed by atoms with Crippen molar-refractivity contribution in [3.05, 3.63) is 29.8 Å². The molecule has 1 atom stereocenters. The van der Waals surface area contributed by atoms with Crippen LogP contribution in [0.4, 0.5) is 5.69 Å². The second-order valence-corrected chi connectivity index (χ2v) is 3.99. The zero-order chi connectivity index (χ0) is 12.0. The van der Waals surface area contributed by atoms with E-state index in [0.717, 1.165) is 5.69 Å². The number of hydrogen-bond donors (Lipinski definition) is 2. The van der Waals surface area contributed by atoms with Crippen LogP contribution in [0.15, 0.2) is 24.3 Å². The molecule has 1 aromatic rings. The fourth-order valence-electron chi connectivity index (χ4n) is 1.42. The van der Waals surface area contributed by atoms with Gasteiger partial charge in [0.2, 0.25) is 0 Å². The van der Waals surface area contributed by atoms with Crippen molar-refractivity contribution in [3.63, 3.8) is 0 Å². The first-order valence-corrected chi connectivity index (χ1v) is 5.18. The van der Waals surface area contributed by atoms with Crippen molar-refractivity contribution in [1.82, 2.24) is 4.90 Å². The van der Waals surface area contributed by atoms with Gasteiger partial charge in [-0.2, -0.15) is 5.26 Å². The number of nitriles is 1. The summed E-state index contributed by atoms with van der Waals surface area (Å²) in [7, 11) is 3.83. The maximum atomic E-state index is 9.64. The van der Waals surface area contributed by atoms with Crippen LogP contribution in [0.5, 0.6) is 0 Å². The maximum Gasteiger partial charge on any atom is 0.0992 e. The Kier molecular flexibility index (Phi) is 4.77. The van der Waals surface area contributed by atoms with E-state index in [2.05, 4.69) is 11.4 Å². The molecule has 0 saturated carbocycles. The summed E-state index contributed by atoms with van der Waals surface area (Å²) in [5.74, 6) is 0. The highest BCUT2D eigenvalue weighted by molar-refractivity contribution is 5.49. The number of likely N-dealkylation sites (N-methyl/N-ethyl adjacent to an activating group) is 1. The summed E-state index contributed by atoms with van der Waals surface area (Å²) < 4.78 is 0. The van der Waals surface area contributed by atoms with Crippen molar-refractivity contribution in [3.8, 4) is 6.07 Å². The minimum absolute atomic E-state index is 0.416. The lowest BCUT2D eigenvalue weighted by Gasteiger charge is -2.17. The SMILES string of the molecule is CN(C)CC(O)CNc1cccc(C#N)c1. The molecule has 2 N–H and O–H groups in total. The van der Waals surface area contributed by atoms with Gasteiger partial charge in [0.05, 0.1) is 17.7 Å². The average molecular weight is 219 g/mol. The molecule has 1 aromatic carbocycles. The lowest BCUT2D eigenvalue weighted by molar-refractivity contribution is 0.148. The number of benzene rings is 1. The third-order valence-corrected chi connectivity index (χ3v) is 2.11. The minimum Gasteiger partial charge on any atom is -0.390 e. The fourth-order valence-corrected chi connectivity index (χ4v) is 1.42. The van der Waals surface area contributed by atoms with Gasteiger partial charge >= 0.3 is 0 Å². The highest BCUT2D eigenvalue weighted by Gasteiger charge is 2.04. The van der Waals surface area contributed by atoms with Gasteiger partial charge in [-0.1, -0.05) is 6.07 Å². The van der Waals surface area contributed by atoms with Gasteiger partial charge in [-0.25, -0.2) is 0 Å². The lowest BCUT2D eigenvalue weighted by atomic mass is 10.2. The summed E-state index contributed by atoms with van der Waals surface area (Å²) in [6.07, 6.45) is -0.416. The van der Waals surface area contributed by atoms with Gasteiger partial charge in [-0.05, 0) is 32.3 Å². The van der Waals surface area contributed by atoms with E-state index >= 15 is 0 Å². The molecule has 0 fully saturated rings. The Morgan fingerprint density at radius 1 is 1.50 bits per heavy atom. The molecule has 0 spiro atoms. The molecule has 4 nitrogen and oxygen atoms in total. The second kappa shape index (κ2) is 6.11. The van der Waals surface area contributed by atoms with Crippen LogP contribution in [-0.2, 0) is 0 Å². The zero-order valence-corrected chi connectivity index (χ0v) is 9.64. The molecule has 1 unspecified atom stereocenters. The first-order chi connectivity index (χ1) is 7.61. The van der Waals surface area contributed by atoms with E-state index in [1.807, 2.05) is 31.1 Å². The van der Waals surface area contributed by atoms with Crippen LogP contribution in [0.25, 0.3) is 0 Å². The van der Waals surface area contributed by atoms with E-state index in [-0.39, 0.29) is 0 Å². The number of aliphatic hydroxyl groups is 1. The molecule has 0 aliphatic heterocycles. The third-order valence-electron chi connectivity index (χ3n) is 2.11. The molecule has 16 heavy (non-hydrogen) atoms. The van der Waals surface area contributed by atoms with Gasteiger partial charge < -0.3 is 15.3 Å². The second-order valence-electron chi connectivity index (χ2n) is 3.99. The normalized spacial score (nSPS) is 12.2. The van der Waals surface area contributed by atoms with Gasteiger partial charge in [0.25, 0.3) is 0 Å². The molecular formula is C12H17N3O. The number of aliphatic hydroxyl groups excluding tert-OH is 1. The third kappa shape index (κ3) is 4.30. The molecule has 0 aliphatic carbocycles. The molecule has 1 rings (SSSR count). The highest BCUT2D eigenvalue weighted by Crippen LogP contribution is 2.09. The molecule has 0 saturated heterocycles. The Labute approximate surface area is 96.1 Å². The topological polar surface area (TPSA) is 59.3 Å². The van der Waals surface area contributed by atoms with Gasteiger partial charge in [0, 0.05) is 18.8 Å². The molecule has 0 amide bonds. The molecule has 0 heterocycles. The minimum atomic E-state index is -0.416. The van der Waals surface area contributed by atoms with Crippen molar-refractivity contribution in [2.45, 2.75) is 6.10 Å². The quantitative estimate of drug-likeness (QED) is 0.772. The Morgan fingerprint density at radius 2 is 2.25 bits per heavy atom. The van der Waals surface area contributed by atoms with Crippen molar-refractivity contribution >= 4 is 5.69 Å². The van der Waals surface area contributed by atoms with Crippen LogP contribution in [0.1, 0.15) is 5.56 Å². The molecule has 0 bridgehead atoms. The van der Waals surface area contributed by atoms with Crippen molar-refractivity contribution in [1.29, 1.82) is 5.26 Å². The summed E-state index contributed by atoms with van der Waals surface area (Å²) in [6, 6.07) is 9.29. The van der Waals surface area contributed by atoms with E-state index in [9.17, 15) is 5.11 Å². The van der Waals surface area contributed by atoms with Gasteiger partial charge in [0.15, 0.2) is 0 Å². The van der Waals surface area contributed by atoms with Gasteiger partial charge in [-0.15, -0.1) is 0 Å². The van der Waals surface area contributed by atoms with Crippen molar-refractivity contribution in [2.75, 3.05) is 32.5 Å². The van der Waals surface area contributed by atoms with E-state index in [1.165, 1.54) is 0 Å². The van der Waals surface area contributed by atoms with Crippen molar-refractivity contribution in [2.24, 2.45) is 0 Å². The Bertz CT molecular complexity index is 371. The van der Waals surface area contributed by atoms with Gasteiger partial charge in [0.1, 0.15) is 0 Å². The number of rotatable bonds is 5. The summed E-state index contributed by atoms with van der Waals surface area (Å²) in [5.41, 5.74) is 1.48. The Hall–Kier alpha value is -1.57. The van der Waals surface area contributed by atoms with Crippen LogP contribution >= 0.6 is 0 Å². The first-order valence-electron chi connectivity index (χ1n) is 5.18. The number of hydrogen-bond acceptors (Lipinski definition) is 4. The van der Waals surface area contributed by atoms with Crippen molar-refractivity contribution < 1.29 is 5.11 Å². The molecule has 0 radical (unpaired) electrons. The van der Waals surface area contributed by atoms with Crippen LogP contribution in [-0.4, -0.2) is 43.3 Å². The average Bonchev–Trinajstić information content (AvgIpc) is 2.26. The predicted molar refractivity (Wildman–Crippen MR) is 64.2 cm³/mol. The molecule has 86 valence electrons. The molecule has 4 heteroatoms. The smallest absolute Gasteiger partial charge is 0.0992 e. The van der Waals surface area contributed by atoms with E-state index in [1.54, 1.807) is 12.1 Å². The Morgan fingerprint density at radius 3 is 2.88 bits per heavy atom. The van der Waals surface area contributed by atoms with E-state index in [0.29, 0.717) is 18.7 Å². The molecule has 0 aliphatic rings. The zero-order valence-electron chi connectivity index (χ0n) is 9.64. The first kappa shape index (κ1) is 12.5. The van der Waals surface area contributed by atoms with E-state index in [4.69, 9.17) is 5.26 Å². The van der Waals surface area contributed by atoms with Crippen LogP contribution in [0, 0.1) is 11.3 Å². The van der Waals surface area contributed by atoms with Crippen LogP contribution in [0.2, 0.25) is 0 Å². The molecule has 0 aromatic heterocycles. The largest absolute Gasteiger partial charge is 0.390 e. The number of nitrogens with zero attached hydrogens (tertiary/aromatic N) is 2. The van der Waals surface area contributed by atoms with E-state index < -0.39 is 6.10 Å². The lowest BCUT2D eigenvalue weighted by Crippen LogP contribution is -2.31. The summed E-state index contributed by atoms with van der Waals surface area (Å²) in [6.45, 7) is 1.10. The monoisotopic (exact) mass is 219 g/mol. The van der Waals surface area contributed by atoms with Gasteiger partial charge in [-0.3, -0.25) is 0 Å². The maximum absolute atomic E-state index is 9.64. The number of nitrogens with one attached hydrogen (secondary N) is 1. The predicted octanol–water partition coefficient (Wildman–Crippen LogP) is 0.893. The molecular weight excluding hydrogens is 202 g/mol. The fraction of sp³-hybridized carbons (Fsp3) is 0.417. The highest BCUT2D eigenvalue weighted by atomic mass is 16.3. The standard InChI is InChI=1S/C12H17N3O/c1-15(2)9-12(16)8-14-11-5-3-4-10(6-11)7-13/h3-6,12,14,16H,8-9H2,1-2H3. The van der Waals surface area contributed by atoms with Crippen LogP contribution < -0.4 is 5.32 Å². The summed E-state index contributed by atoms with van der Waals surface area (Å²) >= 11 is 0. The summed E-state index contributed by atoms with van der Waals surface area (Å²) in [4.78, 5) is 1.93. The van der Waals surface area contributed by atoms with Crippen LogP contribution in [0.3, 0.4) is 0 Å².